The average Bonchev–Trinajstić information content (AvgIpc) is 2.27. The van der Waals surface area contributed by atoms with Crippen LogP contribution in [0.3, 0.4) is 0 Å². The number of carbonyl (C=O) groups excluding carboxylic acids is 1. The molecule has 0 radical (unpaired) electrons. The monoisotopic (exact) mass is 257 g/mol. The van der Waals surface area contributed by atoms with Crippen LogP contribution in [0.1, 0.15) is 30.6 Å². The van der Waals surface area contributed by atoms with E-state index in [4.69, 9.17) is 4.74 Å². The number of carbonyl (C=O) groups is 1. The Hall–Kier alpha value is -1.49. The van der Waals surface area contributed by atoms with Crippen LogP contribution >= 0.6 is 0 Å². The molecule has 0 saturated heterocycles. The molecule has 0 atom stereocenters. The molecule has 0 unspecified atom stereocenters. The van der Waals surface area contributed by atoms with Crippen LogP contribution in [0.2, 0.25) is 0 Å². The standard InChI is InChI=1S/C13H17F2NO2/c1-9(2)18-8-4-7-16-13(17)12-10(14)5-3-6-11(12)15/h3,5-6,9H,4,7-8H2,1-2H3,(H,16,17). The van der Waals surface area contributed by atoms with E-state index >= 15 is 0 Å². The molecule has 0 bridgehead atoms. The van der Waals surface area contributed by atoms with Crippen LogP contribution in [0.4, 0.5) is 8.78 Å². The van der Waals surface area contributed by atoms with Gasteiger partial charge in [0.1, 0.15) is 17.2 Å². The third kappa shape index (κ3) is 4.41. The maximum Gasteiger partial charge on any atom is 0.257 e. The first-order valence-corrected chi connectivity index (χ1v) is 5.86. The summed E-state index contributed by atoms with van der Waals surface area (Å²) in [5, 5.41) is 2.46. The highest BCUT2D eigenvalue weighted by Crippen LogP contribution is 2.11. The van der Waals surface area contributed by atoms with E-state index in [0.717, 1.165) is 12.1 Å². The minimum atomic E-state index is -0.856. The van der Waals surface area contributed by atoms with Gasteiger partial charge in [0.05, 0.1) is 6.10 Å². The molecule has 0 fully saturated rings. The third-order valence-electron chi connectivity index (χ3n) is 2.25. The molecule has 1 N–H and O–H groups in total. The average molecular weight is 257 g/mol. The fourth-order valence-corrected chi connectivity index (χ4v) is 1.40. The number of halogens is 2. The van der Waals surface area contributed by atoms with Crippen molar-refractivity contribution in [3.63, 3.8) is 0 Å². The summed E-state index contributed by atoms with van der Waals surface area (Å²) >= 11 is 0. The summed E-state index contributed by atoms with van der Waals surface area (Å²) in [6, 6.07) is 3.33. The van der Waals surface area contributed by atoms with Crippen molar-refractivity contribution in [3.05, 3.63) is 35.4 Å². The van der Waals surface area contributed by atoms with Crippen molar-refractivity contribution >= 4 is 5.91 Å². The Bertz CT molecular complexity index is 388. The Balaban J connectivity index is 2.41. The highest BCUT2D eigenvalue weighted by atomic mass is 19.1. The van der Waals surface area contributed by atoms with E-state index in [9.17, 15) is 13.6 Å². The summed E-state index contributed by atoms with van der Waals surface area (Å²) in [6.07, 6.45) is 0.727. The van der Waals surface area contributed by atoms with Crippen LogP contribution in [-0.4, -0.2) is 25.2 Å². The van der Waals surface area contributed by atoms with Crippen LogP contribution in [0.5, 0.6) is 0 Å². The Morgan fingerprint density at radius 1 is 1.33 bits per heavy atom. The maximum atomic E-state index is 13.3. The van der Waals surface area contributed by atoms with Gasteiger partial charge in [0.25, 0.3) is 5.91 Å². The second kappa shape index (κ2) is 7.06. The van der Waals surface area contributed by atoms with Crippen LogP contribution < -0.4 is 5.32 Å². The minimum Gasteiger partial charge on any atom is -0.379 e. The molecule has 3 nitrogen and oxygen atoms in total. The zero-order valence-corrected chi connectivity index (χ0v) is 10.5. The molecular weight excluding hydrogens is 240 g/mol. The SMILES string of the molecule is CC(C)OCCCNC(=O)c1c(F)cccc1F. The summed E-state index contributed by atoms with van der Waals surface area (Å²) in [7, 11) is 0. The van der Waals surface area contributed by atoms with Gasteiger partial charge in [0.2, 0.25) is 0 Å². The van der Waals surface area contributed by atoms with Gasteiger partial charge < -0.3 is 10.1 Å². The Labute approximate surface area is 105 Å². The normalized spacial score (nSPS) is 10.7. The molecule has 1 aromatic carbocycles. The van der Waals surface area contributed by atoms with Crippen molar-refractivity contribution in [2.75, 3.05) is 13.2 Å². The van der Waals surface area contributed by atoms with Gasteiger partial charge in [-0.1, -0.05) is 6.07 Å². The highest BCUT2D eigenvalue weighted by Gasteiger charge is 2.15. The Kier molecular flexibility index (Phi) is 5.71. The first-order valence-electron chi connectivity index (χ1n) is 5.86. The molecule has 1 amide bonds. The summed E-state index contributed by atoms with van der Waals surface area (Å²) < 4.78 is 31.8. The van der Waals surface area contributed by atoms with E-state index in [1.165, 1.54) is 6.07 Å². The quantitative estimate of drug-likeness (QED) is 0.795. The number of ether oxygens (including phenoxy) is 1. The van der Waals surface area contributed by atoms with E-state index in [1.54, 1.807) is 0 Å². The molecule has 100 valence electrons. The van der Waals surface area contributed by atoms with Crippen molar-refractivity contribution in [3.8, 4) is 0 Å². The fourth-order valence-electron chi connectivity index (χ4n) is 1.40. The minimum absolute atomic E-state index is 0.129. The predicted molar refractivity (Wildman–Crippen MR) is 64.4 cm³/mol. The lowest BCUT2D eigenvalue weighted by molar-refractivity contribution is 0.0756. The number of rotatable bonds is 6. The Morgan fingerprint density at radius 3 is 2.50 bits per heavy atom. The van der Waals surface area contributed by atoms with Gasteiger partial charge in [-0.2, -0.15) is 0 Å². The molecule has 0 saturated carbocycles. The molecule has 1 aromatic rings. The van der Waals surface area contributed by atoms with Crippen LogP contribution in [-0.2, 0) is 4.74 Å². The van der Waals surface area contributed by atoms with Crippen molar-refractivity contribution in [2.24, 2.45) is 0 Å². The number of hydrogen-bond donors (Lipinski definition) is 1. The maximum absolute atomic E-state index is 13.3. The van der Waals surface area contributed by atoms with E-state index in [0.29, 0.717) is 19.6 Å². The first kappa shape index (κ1) is 14.6. The van der Waals surface area contributed by atoms with Crippen LogP contribution in [0.15, 0.2) is 18.2 Å². The third-order valence-corrected chi connectivity index (χ3v) is 2.25. The second-order valence-corrected chi connectivity index (χ2v) is 4.13. The van der Waals surface area contributed by atoms with Crippen LogP contribution in [0, 0.1) is 11.6 Å². The number of hydrogen-bond acceptors (Lipinski definition) is 2. The predicted octanol–water partition coefficient (Wildman–Crippen LogP) is 2.51. The van der Waals surface area contributed by atoms with Gasteiger partial charge in [-0.05, 0) is 32.4 Å². The van der Waals surface area contributed by atoms with E-state index in [2.05, 4.69) is 5.32 Å². The highest BCUT2D eigenvalue weighted by molar-refractivity contribution is 5.94. The van der Waals surface area contributed by atoms with Gasteiger partial charge in [-0.3, -0.25) is 4.79 Å². The summed E-state index contributed by atoms with van der Waals surface area (Å²) in [5.74, 6) is -2.45. The molecule has 0 aliphatic carbocycles. The smallest absolute Gasteiger partial charge is 0.257 e. The molecular formula is C13H17F2NO2. The van der Waals surface area contributed by atoms with Gasteiger partial charge in [0.15, 0.2) is 0 Å². The lowest BCUT2D eigenvalue weighted by Crippen LogP contribution is -2.27. The first-order chi connectivity index (χ1) is 8.52. The van der Waals surface area contributed by atoms with E-state index in [1.807, 2.05) is 13.8 Å². The van der Waals surface area contributed by atoms with Gasteiger partial charge in [-0.25, -0.2) is 8.78 Å². The largest absolute Gasteiger partial charge is 0.379 e. The van der Waals surface area contributed by atoms with Crippen molar-refractivity contribution in [1.82, 2.24) is 5.32 Å². The molecule has 5 heteroatoms. The molecule has 0 heterocycles. The number of benzene rings is 1. The zero-order chi connectivity index (χ0) is 13.5. The van der Waals surface area contributed by atoms with Gasteiger partial charge in [-0.15, -0.1) is 0 Å². The fraction of sp³-hybridized carbons (Fsp3) is 0.462. The molecule has 1 rings (SSSR count). The van der Waals surface area contributed by atoms with Gasteiger partial charge >= 0.3 is 0 Å². The molecule has 0 aliphatic heterocycles. The van der Waals surface area contributed by atoms with Crippen molar-refractivity contribution in [2.45, 2.75) is 26.4 Å². The second-order valence-electron chi connectivity index (χ2n) is 4.13. The topological polar surface area (TPSA) is 38.3 Å². The molecule has 0 spiro atoms. The number of amides is 1. The van der Waals surface area contributed by atoms with Crippen molar-refractivity contribution < 1.29 is 18.3 Å². The lowest BCUT2D eigenvalue weighted by Gasteiger charge is -2.09. The Morgan fingerprint density at radius 2 is 1.94 bits per heavy atom. The summed E-state index contributed by atoms with van der Waals surface area (Å²) in [6.45, 7) is 4.64. The zero-order valence-electron chi connectivity index (χ0n) is 10.5. The van der Waals surface area contributed by atoms with E-state index in [-0.39, 0.29) is 6.10 Å². The van der Waals surface area contributed by atoms with Crippen LogP contribution in [0.25, 0.3) is 0 Å². The van der Waals surface area contributed by atoms with E-state index < -0.39 is 23.1 Å². The molecule has 0 aromatic heterocycles. The molecule has 18 heavy (non-hydrogen) atoms. The lowest BCUT2D eigenvalue weighted by atomic mass is 10.2. The van der Waals surface area contributed by atoms with Crippen molar-refractivity contribution in [1.29, 1.82) is 0 Å². The van der Waals surface area contributed by atoms with Gasteiger partial charge in [0, 0.05) is 13.2 Å². The summed E-state index contributed by atoms with van der Waals surface area (Å²) in [5.41, 5.74) is -0.540. The number of nitrogens with one attached hydrogen (secondary N) is 1. The molecule has 0 aliphatic rings. The summed E-state index contributed by atoms with van der Waals surface area (Å²) in [4.78, 5) is 11.6.